The number of rotatable bonds is 8. The Balaban J connectivity index is 1.32. The van der Waals surface area contributed by atoms with Gasteiger partial charge in [-0.1, -0.05) is 43.7 Å². The van der Waals surface area contributed by atoms with E-state index in [9.17, 15) is 9.59 Å². The fourth-order valence-electron chi connectivity index (χ4n) is 4.85. The highest BCUT2D eigenvalue weighted by atomic mass is 32.1. The summed E-state index contributed by atoms with van der Waals surface area (Å²) in [7, 11) is 0. The first-order valence-electron chi connectivity index (χ1n) is 12.9. The number of thiophene rings is 1. The number of benzene rings is 2. The third-order valence-corrected chi connectivity index (χ3v) is 8.22. The summed E-state index contributed by atoms with van der Waals surface area (Å²) in [5, 5.41) is 2.10. The summed E-state index contributed by atoms with van der Waals surface area (Å²) in [5.41, 5.74) is 4.20. The van der Waals surface area contributed by atoms with Crippen LogP contribution in [0.3, 0.4) is 0 Å². The van der Waals surface area contributed by atoms with Crippen molar-refractivity contribution < 1.29 is 14.3 Å². The Morgan fingerprint density at radius 2 is 1.78 bits per heavy atom. The highest BCUT2D eigenvalue weighted by Crippen LogP contribution is 2.35. The average molecular weight is 503 g/mol. The number of hydrogen-bond acceptors (Lipinski definition) is 4. The zero-order chi connectivity index (χ0) is 25.2. The van der Waals surface area contributed by atoms with Gasteiger partial charge in [0.25, 0.3) is 5.91 Å². The largest absolute Gasteiger partial charge is 0.491 e. The fourth-order valence-corrected chi connectivity index (χ4v) is 5.78. The van der Waals surface area contributed by atoms with Crippen LogP contribution in [0.25, 0.3) is 0 Å². The number of aryl methyl sites for hydroxylation is 1. The van der Waals surface area contributed by atoms with E-state index in [0.717, 1.165) is 30.6 Å². The van der Waals surface area contributed by atoms with Crippen LogP contribution in [0.2, 0.25) is 0 Å². The summed E-state index contributed by atoms with van der Waals surface area (Å²) >= 11 is 1.74. The molecule has 0 spiro atoms. The third kappa shape index (κ3) is 5.34. The lowest BCUT2D eigenvalue weighted by Crippen LogP contribution is -2.48. The van der Waals surface area contributed by atoms with E-state index >= 15 is 0 Å². The van der Waals surface area contributed by atoms with Crippen molar-refractivity contribution >= 4 is 23.2 Å². The Morgan fingerprint density at radius 1 is 1.06 bits per heavy atom. The molecule has 0 radical (unpaired) electrons. The van der Waals surface area contributed by atoms with E-state index in [2.05, 4.69) is 37.4 Å². The third-order valence-electron chi connectivity index (χ3n) is 7.22. The van der Waals surface area contributed by atoms with Crippen molar-refractivity contribution in [3.8, 4) is 5.75 Å². The monoisotopic (exact) mass is 502 g/mol. The summed E-state index contributed by atoms with van der Waals surface area (Å²) in [6.07, 6.45) is 2.75. The van der Waals surface area contributed by atoms with E-state index in [1.165, 1.54) is 16.0 Å². The van der Waals surface area contributed by atoms with Crippen molar-refractivity contribution in [3.63, 3.8) is 0 Å². The lowest BCUT2D eigenvalue weighted by Gasteiger charge is -2.37. The van der Waals surface area contributed by atoms with Gasteiger partial charge in [0.2, 0.25) is 5.91 Å². The van der Waals surface area contributed by atoms with Crippen molar-refractivity contribution in [2.24, 2.45) is 0 Å². The van der Waals surface area contributed by atoms with E-state index in [1.807, 2.05) is 48.2 Å². The van der Waals surface area contributed by atoms with Gasteiger partial charge in [-0.2, -0.15) is 0 Å². The summed E-state index contributed by atoms with van der Waals surface area (Å²) < 4.78 is 6.21. The van der Waals surface area contributed by atoms with Crippen molar-refractivity contribution in [1.29, 1.82) is 0 Å². The molecule has 1 aliphatic carbocycles. The lowest BCUT2D eigenvalue weighted by molar-refractivity contribution is -0.135. The molecule has 2 amide bonds. The van der Waals surface area contributed by atoms with Gasteiger partial charge in [0.1, 0.15) is 18.9 Å². The summed E-state index contributed by atoms with van der Waals surface area (Å²) in [5.74, 6) is 1.21. The molecule has 1 saturated carbocycles. The minimum Gasteiger partial charge on any atom is -0.491 e. The molecule has 1 aromatic heterocycles. The molecule has 1 fully saturated rings. The van der Waals surface area contributed by atoms with Crippen LogP contribution in [0, 0.1) is 6.92 Å². The molecule has 1 atom stereocenters. The summed E-state index contributed by atoms with van der Waals surface area (Å²) in [4.78, 5) is 32.0. The van der Waals surface area contributed by atoms with Gasteiger partial charge in [-0.15, -0.1) is 11.3 Å². The SMILES string of the molecule is Cc1ccc(C(=O)N(CC(=O)N2CCc3sccc3[C@H]2COc2ccc(C(C)C)cc2)C2CC2)cc1. The first kappa shape index (κ1) is 24.6. The molecular formula is C30H34N2O3S. The Morgan fingerprint density at radius 3 is 2.44 bits per heavy atom. The molecule has 2 aliphatic rings. The van der Waals surface area contributed by atoms with E-state index in [1.54, 1.807) is 16.2 Å². The second-order valence-electron chi connectivity index (χ2n) is 10.2. The summed E-state index contributed by atoms with van der Waals surface area (Å²) in [6.45, 7) is 7.50. The fraction of sp³-hybridized carbons (Fsp3) is 0.400. The van der Waals surface area contributed by atoms with Crippen molar-refractivity contribution in [2.75, 3.05) is 19.7 Å². The molecule has 0 saturated heterocycles. The molecule has 5 nitrogen and oxygen atoms in total. The van der Waals surface area contributed by atoms with Gasteiger partial charge >= 0.3 is 0 Å². The maximum atomic E-state index is 13.7. The zero-order valence-electron chi connectivity index (χ0n) is 21.3. The zero-order valence-corrected chi connectivity index (χ0v) is 22.1. The number of amides is 2. The smallest absolute Gasteiger partial charge is 0.254 e. The van der Waals surface area contributed by atoms with E-state index in [-0.39, 0.29) is 30.4 Å². The molecule has 36 heavy (non-hydrogen) atoms. The Kier molecular flexibility index (Phi) is 7.15. The van der Waals surface area contributed by atoms with Crippen molar-refractivity contribution in [2.45, 2.75) is 58.0 Å². The van der Waals surface area contributed by atoms with Gasteiger partial charge in [0.05, 0.1) is 6.04 Å². The van der Waals surface area contributed by atoms with Crippen molar-refractivity contribution in [1.82, 2.24) is 9.80 Å². The molecule has 0 unspecified atom stereocenters. The van der Waals surface area contributed by atoms with E-state index < -0.39 is 0 Å². The average Bonchev–Trinajstić information content (AvgIpc) is 3.61. The van der Waals surface area contributed by atoms with Crippen LogP contribution >= 0.6 is 11.3 Å². The number of fused-ring (bicyclic) bond motifs is 1. The molecule has 0 N–H and O–H groups in total. The number of ether oxygens (including phenoxy) is 1. The maximum absolute atomic E-state index is 13.7. The minimum atomic E-state index is -0.159. The van der Waals surface area contributed by atoms with E-state index in [4.69, 9.17) is 4.74 Å². The van der Waals surface area contributed by atoms with Crippen LogP contribution in [0.4, 0.5) is 0 Å². The molecule has 2 aromatic carbocycles. The molecule has 1 aliphatic heterocycles. The van der Waals surface area contributed by atoms with Crippen LogP contribution in [0.5, 0.6) is 5.75 Å². The lowest BCUT2D eigenvalue weighted by atomic mass is 10.00. The second-order valence-corrected chi connectivity index (χ2v) is 11.2. The Bertz CT molecular complexity index is 1210. The van der Waals surface area contributed by atoms with Crippen LogP contribution in [0.1, 0.15) is 70.6 Å². The minimum absolute atomic E-state index is 0.0111. The van der Waals surface area contributed by atoms with E-state index in [0.29, 0.717) is 24.6 Å². The maximum Gasteiger partial charge on any atom is 0.254 e. The molecule has 2 heterocycles. The number of hydrogen-bond donors (Lipinski definition) is 0. The molecule has 188 valence electrons. The van der Waals surface area contributed by atoms with Crippen LogP contribution < -0.4 is 4.74 Å². The number of carbonyl (C=O) groups excluding carboxylic acids is 2. The molecule has 5 rings (SSSR count). The highest BCUT2D eigenvalue weighted by Gasteiger charge is 2.38. The van der Waals surface area contributed by atoms with Crippen LogP contribution in [0.15, 0.2) is 60.0 Å². The van der Waals surface area contributed by atoms with Gasteiger partial charge in [-0.3, -0.25) is 9.59 Å². The molecule has 6 heteroatoms. The highest BCUT2D eigenvalue weighted by molar-refractivity contribution is 7.10. The van der Waals surface area contributed by atoms with Crippen LogP contribution in [-0.2, 0) is 11.2 Å². The topological polar surface area (TPSA) is 49.9 Å². The summed E-state index contributed by atoms with van der Waals surface area (Å²) in [6, 6.07) is 17.9. The first-order chi connectivity index (χ1) is 17.4. The van der Waals surface area contributed by atoms with Crippen molar-refractivity contribution in [3.05, 3.63) is 87.1 Å². The molecular weight excluding hydrogens is 468 g/mol. The van der Waals surface area contributed by atoms with Gasteiger partial charge in [0.15, 0.2) is 0 Å². The van der Waals surface area contributed by atoms with Crippen LogP contribution in [-0.4, -0.2) is 47.4 Å². The normalized spacial score (nSPS) is 17.1. The quantitative estimate of drug-likeness (QED) is 0.380. The number of carbonyl (C=O) groups is 2. The Hall–Kier alpha value is -3.12. The Labute approximate surface area is 217 Å². The van der Waals surface area contributed by atoms with Gasteiger partial charge in [0, 0.05) is 23.0 Å². The number of nitrogens with zero attached hydrogens (tertiary/aromatic N) is 2. The second kappa shape index (κ2) is 10.5. The van der Waals surface area contributed by atoms with Gasteiger partial charge < -0.3 is 14.5 Å². The molecule has 3 aromatic rings. The standard InChI is InChI=1S/C30H34N2O3S/c1-20(2)22-8-12-25(13-9-22)35-19-27-26-15-17-36-28(26)14-16-31(27)29(33)18-32(24-10-11-24)30(34)23-6-4-21(3)5-7-23/h4-9,12-13,15,17,20,24,27H,10-11,14,16,18-19H2,1-3H3/t27-/m1/s1. The first-order valence-corrected chi connectivity index (χ1v) is 13.7. The van der Waals surface area contributed by atoms with Gasteiger partial charge in [-0.05, 0) is 78.9 Å². The predicted molar refractivity (Wildman–Crippen MR) is 144 cm³/mol. The predicted octanol–water partition coefficient (Wildman–Crippen LogP) is 5.99. The van der Waals surface area contributed by atoms with Gasteiger partial charge in [-0.25, -0.2) is 0 Å². The molecule has 0 bridgehead atoms.